The highest BCUT2D eigenvalue weighted by molar-refractivity contribution is 7.51. The van der Waals surface area contributed by atoms with Gasteiger partial charge in [0.05, 0.1) is 24.2 Å². The number of halogens is 1. The smallest absolute Gasteiger partial charge is 0.350 e. The summed E-state index contributed by atoms with van der Waals surface area (Å²) in [5, 5.41) is 29.3. The molecule has 1 unspecified atom stereocenters. The fourth-order valence-corrected chi connectivity index (χ4v) is 5.13. The maximum atomic E-state index is 11.0. The molecule has 2 aliphatic rings. The third kappa shape index (κ3) is 5.07. The lowest BCUT2D eigenvalue weighted by atomic mass is 9.88. The number of nitrogens with one attached hydrogen (secondary N) is 1. The molecule has 1 fully saturated rings. The average molecular weight is 526 g/mol. The van der Waals surface area contributed by atoms with Gasteiger partial charge in [-0.2, -0.15) is 15.1 Å². The summed E-state index contributed by atoms with van der Waals surface area (Å²) in [5.74, 6) is 0.488. The zero-order valence-electron chi connectivity index (χ0n) is 18.4. The van der Waals surface area contributed by atoms with Gasteiger partial charge in [0.1, 0.15) is 30.5 Å². The van der Waals surface area contributed by atoms with E-state index in [2.05, 4.69) is 32.5 Å². The molecule has 12 nitrogen and oxygen atoms in total. The van der Waals surface area contributed by atoms with E-state index in [1.807, 2.05) is 12.1 Å². The van der Waals surface area contributed by atoms with Crippen LogP contribution < -0.4 is 5.32 Å². The van der Waals surface area contributed by atoms with Gasteiger partial charge in [0.15, 0.2) is 11.9 Å². The number of nitrogens with zero attached hydrogens (tertiary/aromatic N) is 4. The number of aromatic nitrogens is 4. The third-order valence-electron chi connectivity index (χ3n) is 6.23. The largest absolute Gasteiger partial charge is 0.387 e. The molecule has 5 rings (SSSR count). The van der Waals surface area contributed by atoms with Gasteiger partial charge in [-0.15, -0.1) is 0 Å². The molecular formula is C21H25ClN5O7P. The highest BCUT2D eigenvalue weighted by Gasteiger charge is 2.45. The molecule has 1 aromatic carbocycles. The van der Waals surface area contributed by atoms with Crippen molar-refractivity contribution in [3.8, 4) is 0 Å². The minimum absolute atomic E-state index is 0.0274. The first kappa shape index (κ1) is 24.5. The summed E-state index contributed by atoms with van der Waals surface area (Å²) in [6, 6.07) is 8.27. The van der Waals surface area contributed by atoms with E-state index < -0.39 is 38.5 Å². The van der Waals surface area contributed by atoms with Crippen molar-refractivity contribution in [3.63, 3.8) is 0 Å². The number of aliphatic hydroxyl groups is 2. The van der Waals surface area contributed by atoms with Gasteiger partial charge in [-0.3, -0.25) is 4.57 Å². The molecule has 14 heteroatoms. The molecule has 0 radical (unpaired) electrons. The van der Waals surface area contributed by atoms with Crippen molar-refractivity contribution < 1.29 is 34.0 Å². The number of hydrogen-bond acceptors (Lipinski definition) is 9. The molecule has 2 aromatic heterocycles. The van der Waals surface area contributed by atoms with E-state index in [1.54, 1.807) is 0 Å². The first-order valence-corrected chi connectivity index (χ1v) is 13.3. The van der Waals surface area contributed by atoms with Crippen molar-refractivity contribution in [2.75, 3.05) is 18.3 Å². The standard InChI is InChI=1S/C21H25ClN5O7P/c22-21-25-18(24-14-7-3-5-11-4-1-2-6-12(11)14)13-8-23-27(19(13)26-21)20-17(29)16(28)15(34-20)9-33-10-35(30,31)32/h1-2,4,6,8,14-17,20,28-29H,3,5,7,9-10H2,(H,24,25,26)(H2,30,31,32)/t14?,15-,16-,17-,20-/m1/s1. The van der Waals surface area contributed by atoms with Crippen molar-refractivity contribution in [2.24, 2.45) is 0 Å². The van der Waals surface area contributed by atoms with Crippen LogP contribution in [0.5, 0.6) is 0 Å². The summed E-state index contributed by atoms with van der Waals surface area (Å²) >= 11 is 6.23. The summed E-state index contributed by atoms with van der Waals surface area (Å²) in [4.78, 5) is 26.5. The Bertz CT molecular complexity index is 1270. The van der Waals surface area contributed by atoms with Crippen molar-refractivity contribution in [3.05, 3.63) is 46.9 Å². The molecule has 3 aromatic rings. The zero-order chi connectivity index (χ0) is 24.7. The number of rotatable bonds is 7. The van der Waals surface area contributed by atoms with Gasteiger partial charge in [-0.1, -0.05) is 24.3 Å². The Balaban J connectivity index is 1.40. The van der Waals surface area contributed by atoms with Crippen LogP contribution in [0.4, 0.5) is 5.82 Å². The summed E-state index contributed by atoms with van der Waals surface area (Å²) in [7, 11) is -4.38. The average Bonchev–Trinajstić information content (AvgIpc) is 3.34. The van der Waals surface area contributed by atoms with Gasteiger partial charge >= 0.3 is 7.60 Å². The Labute approximate surface area is 205 Å². The van der Waals surface area contributed by atoms with E-state index in [1.165, 1.54) is 22.0 Å². The molecule has 1 aliphatic carbocycles. The lowest BCUT2D eigenvalue weighted by molar-refractivity contribution is -0.0658. The van der Waals surface area contributed by atoms with Crippen LogP contribution in [0, 0.1) is 0 Å². The molecule has 0 saturated carbocycles. The van der Waals surface area contributed by atoms with Crippen molar-refractivity contribution in [1.29, 1.82) is 0 Å². The molecular weight excluding hydrogens is 501 g/mol. The Kier molecular flexibility index (Phi) is 6.81. The Hall–Kier alpha value is -2.15. The minimum Gasteiger partial charge on any atom is -0.387 e. The minimum atomic E-state index is -4.38. The van der Waals surface area contributed by atoms with Crippen LogP contribution in [0.2, 0.25) is 5.28 Å². The molecule has 5 N–H and O–H groups in total. The second-order valence-electron chi connectivity index (χ2n) is 8.67. The first-order chi connectivity index (χ1) is 16.7. The van der Waals surface area contributed by atoms with Crippen LogP contribution in [-0.4, -0.2) is 71.0 Å². The second-order valence-corrected chi connectivity index (χ2v) is 10.6. The van der Waals surface area contributed by atoms with Gasteiger partial charge in [0.25, 0.3) is 0 Å². The van der Waals surface area contributed by atoms with Crippen LogP contribution in [0.3, 0.4) is 0 Å². The van der Waals surface area contributed by atoms with Gasteiger partial charge in [-0.25, -0.2) is 4.68 Å². The number of aryl methyl sites for hydroxylation is 1. The zero-order valence-corrected chi connectivity index (χ0v) is 20.1. The third-order valence-corrected chi connectivity index (χ3v) is 6.91. The number of anilines is 1. The maximum Gasteiger partial charge on any atom is 0.350 e. The molecule has 188 valence electrons. The normalized spacial score (nSPS) is 26.7. The molecule has 35 heavy (non-hydrogen) atoms. The molecule has 0 spiro atoms. The second kappa shape index (κ2) is 9.72. The summed E-state index contributed by atoms with van der Waals surface area (Å²) in [6.45, 7) is -0.331. The predicted octanol–water partition coefficient (Wildman–Crippen LogP) is 1.74. The predicted molar refractivity (Wildman–Crippen MR) is 125 cm³/mol. The molecule has 0 amide bonds. The number of benzene rings is 1. The maximum absolute atomic E-state index is 11.0. The summed E-state index contributed by atoms with van der Waals surface area (Å²) < 4.78 is 23.0. The highest BCUT2D eigenvalue weighted by Crippen LogP contribution is 2.37. The highest BCUT2D eigenvalue weighted by atomic mass is 35.5. The van der Waals surface area contributed by atoms with Crippen LogP contribution in [0.1, 0.15) is 36.2 Å². The lowest BCUT2D eigenvalue weighted by Gasteiger charge is -2.27. The molecule has 0 bridgehead atoms. The van der Waals surface area contributed by atoms with Crippen molar-refractivity contribution >= 4 is 36.0 Å². The summed E-state index contributed by atoms with van der Waals surface area (Å²) in [6.07, 6.45) is -1.25. The van der Waals surface area contributed by atoms with Gasteiger partial charge < -0.3 is 34.8 Å². The van der Waals surface area contributed by atoms with E-state index in [0.29, 0.717) is 16.9 Å². The van der Waals surface area contributed by atoms with E-state index in [4.69, 9.17) is 30.9 Å². The van der Waals surface area contributed by atoms with Crippen LogP contribution in [0.25, 0.3) is 11.0 Å². The van der Waals surface area contributed by atoms with Crippen molar-refractivity contribution in [1.82, 2.24) is 19.7 Å². The fourth-order valence-electron chi connectivity index (χ4n) is 4.62. The first-order valence-electron chi connectivity index (χ1n) is 11.1. The van der Waals surface area contributed by atoms with Gasteiger partial charge in [0.2, 0.25) is 5.28 Å². The van der Waals surface area contributed by atoms with Crippen molar-refractivity contribution in [2.45, 2.75) is 49.8 Å². The molecule has 1 aliphatic heterocycles. The van der Waals surface area contributed by atoms with Crippen LogP contribution in [-0.2, 0) is 20.5 Å². The van der Waals surface area contributed by atoms with Crippen LogP contribution >= 0.6 is 19.2 Å². The summed E-state index contributed by atoms with van der Waals surface area (Å²) in [5.41, 5.74) is 2.78. The molecule has 1 saturated heterocycles. The Morgan fingerprint density at radius 3 is 2.83 bits per heavy atom. The van der Waals surface area contributed by atoms with E-state index >= 15 is 0 Å². The topological polar surface area (TPSA) is 172 Å². The number of aliphatic hydroxyl groups excluding tert-OH is 2. The van der Waals surface area contributed by atoms with Gasteiger partial charge in [-0.05, 0) is 42.0 Å². The van der Waals surface area contributed by atoms with Crippen LogP contribution in [0.15, 0.2) is 30.5 Å². The van der Waals surface area contributed by atoms with E-state index in [0.717, 1.165) is 19.3 Å². The fraction of sp³-hybridized carbons (Fsp3) is 0.476. The van der Waals surface area contributed by atoms with E-state index in [9.17, 15) is 14.8 Å². The SMILES string of the molecule is O=P(O)(O)COC[C@H]1O[C@@H](n2ncc3c(NC4CCCc5ccccc54)nc(Cl)nc32)[C@H](O)[C@@H]1O. The monoisotopic (exact) mass is 525 g/mol. The quantitative estimate of drug-likeness (QED) is 0.224. The Morgan fingerprint density at radius 1 is 1.23 bits per heavy atom. The van der Waals surface area contributed by atoms with E-state index in [-0.39, 0.29) is 17.9 Å². The molecule has 5 atom stereocenters. The lowest BCUT2D eigenvalue weighted by Crippen LogP contribution is -2.34. The number of fused-ring (bicyclic) bond motifs is 2. The number of ether oxygens (including phenoxy) is 2. The number of hydrogen-bond donors (Lipinski definition) is 5. The Morgan fingerprint density at radius 2 is 2.03 bits per heavy atom. The van der Waals surface area contributed by atoms with Gasteiger partial charge in [0, 0.05) is 0 Å². The molecule has 3 heterocycles.